The number of aryl methyl sites for hydroxylation is 1. The van der Waals surface area contributed by atoms with Gasteiger partial charge in [0.25, 0.3) is 0 Å². The molecule has 2 heterocycles. The monoisotopic (exact) mass is 236 g/mol. The third-order valence-corrected chi connectivity index (χ3v) is 3.90. The van der Waals surface area contributed by atoms with Crippen LogP contribution >= 0.6 is 0 Å². The molecule has 3 nitrogen and oxygen atoms in total. The lowest BCUT2D eigenvalue weighted by atomic mass is 10.0. The standard InChI is InChI=1S/C14H24N2O/c1-12(17)13-6-9-16(11-13)10-7-14-5-3-4-8-15(14)2/h6,9,11-12,14,17H,3-5,7-8,10H2,1-2H3. The molecule has 17 heavy (non-hydrogen) atoms. The molecule has 1 saturated heterocycles. The summed E-state index contributed by atoms with van der Waals surface area (Å²) in [4.78, 5) is 2.49. The average Bonchev–Trinajstić information content (AvgIpc) is 2.77. The third kappa shape index (κ3) is 3.33. The highest BCUT2D eigenvalue weighted by Crippen LogP contribution is 2.19. The van der Waals surface area contributed by atoms with Gasteiger partial charge in [0, 0.05) is 25.0 Å². The van der Waals surface area contributed by atoms with Crippen molar-refractivity contribution in [3.05, 3.63) is 24.0 Å². The SMILES string of the molecule is CC(O)c1ccn(CCC2CCCCN2C)c1. The number of aliphatic hydroxyl groups excluding tert-OH is 1. The fraction of sp³-hybridized carbons (Fsp3) is 0.714. The van der Waals surface area contributed by atoms with Gasteiger partial charge in [-0.3, -0.25) is 0 Å². The van der Waals surface area contributed by atoms with E-state index in [4.69, 9.17) is 0 Å². The molecule has 1 N–H and O–H groups in total. The van der Waals surface area contributed by atoms with Gasteiger partial charge in [0.2, 0.25) is 0 Å². The van der Waals surface area contributed by atoms with Gasteiger partial charge >= 0.3 is 0 Å². The van der Waals surface area contributed by atoms with Crippen LogP contribution in [0, 0.1) is 0 Å². The molecule has 2 unspecified atom stereocenters. The Balaban J connectivity index is 1.84. The largest absolute Gasteiger partial charge is 0.389 e. The highest BCUT2D eigenvalue weighted by molar-refractivity contribution is 5.12. The van der Waals surface area contributed by atoms with E-state index in [1.807, 2.05) is 13.0 Å². The molecule has 0 amide bonds. The summed E-state index contributed by atoms with van der Waals surface area (Å²) in [6.45, 7) is 4.12. The first-order chi connectivity index (χ1) is 8.16. The van der Waals surface area contributed by atoms with Gasteiger partial charge in [-0.15, -0.1) is 0 Å². The molecule has 0 radical (unpaired) electrons. The van der Waals surface area contributed by atoms with Crippen molar-refractivity contribution >= 4 is 0 Å². The fourth-order valence-electron chi connectivity index (χ4n) is 2.65. The topological polar surface area (TPSA) is 28.4 Å². The first kappa shape index (κ1) is 12.7. The van der Waals surface area contributed by atoms with Gasteiger partial charge in [-0.05, 0) is 51.4 Å². The summed E-state index contributed by atoms with van der Waals surface area (Å²) in [5.41, 5.74) is 1.02. The van der Waals surface area contributed by atoms with Crippen LogP contribution in [0.4, 0.5) is 0 Å². The van der Waals surface area contributed by atoms with Crippen molar-refractivity contribution in [1.82, 2.24) is 9.47 Å². The maximum Gasteiger partial charge on any atom is 0.0776 e. The van der Waals surface area contributed by atoms with Crippen molar-refractivity contribution in [2.24, 2.45) is 0 Å². The summed E-state index contributed by atoms with van der Waals surface area (Å²) >= 11 is 0. The second-order valence-electron chi connectivity index (χ2n) is 5.28. The lowest BCUT2D eigenvalue weighted by Crippen LogP contribution is -2.36. The molecular formula is C14H24N2O. The molecule has 0 bridgehead atoms. The predicted octanol–water partition coefficient (Wildman–Crippen LogP) is 2.42. The van der Waals surface area contributed by atoms with Crippen LogP contribution in [0.3, 0.4) is 0 Å². The molecule has 1 fully saturated rings. The van der Waals surface area contributed by atoms with Crippen molar-refractivity contribution in [1.29, 1.82) is 0 Å². The van der Waals surface area contributed by atoms with Gasteiger partial charge in [0.15, 0.2) is 0 Å². The van der Waals surface area contributed by atoms with Crippen molar-refractivity contribution < 1.29 is 5.11 Å². The molecule has 0 aromatic carbocycles. The molecule has 1 aliphatic heterocycles. The van der Waals surface area contributed by atoms with E-state index in [-0.39, 0.29) is 6.10 Å². The zero-order valence-corrected chi connectivity index (χ0v) is 11.0. The molecule has 1 aromatic heterocycles. The number of aromatic nitrogens is 1. The second-order valence-corrected chi connectivity index (χ2v) is 5.28. The second kappa shape index (κ2) is 5.69. The van der Waals surface area contributed by atoms with Crippen LogP contribution in [0.15, 0.2) is 18.5 Å². The van der Waals surface area contributed by atoms with E-state index in [1.165, 1.54) is 32.2 Å². The van der Waals surface area contributed by atoms with Gasteiger partial charge in [-0.2, -0.15) is 0 Å². The summed E-state index contributed by atoms with van der Waals surface area (Å²) in [6, 6.07) is 2.75. The number of rotatable bonds is 4. The molecule has 3 heteroatoms. The van der Waals surface area contributed by atoms with Crippen LogP contribution in [0.25, 0.3) is 0 Å². The molecule has 2 rings (SSSR count). The van der Waals surface area contributed by atoms with Gasteiger partial charge < -0.3 is 14.6 Å². The van der Waals surface area contributed by atoms with Gasteiger partial charge in [-0.1, -0.05) is 6.42 Å². The third-order valence-electron chi connectivity index (χ3n) is 3.90. The van der Waals surface area contributed by atoms with Crippen LogP contribution in [0.2, 0.25) is 0 Å². The maximum absolute atomic E-state index is 9.47. The maximum atomic E-state index is 9.47. The minimum atomic E-state index is -0.353. The molecule has 1 aromatic rings. The van der Waals surface area contributed by atoms with Crippen molar-refractivity contribution in [2.75, 3.05) is 13.6 Å². The first-order valence-electron chi connectivity index (χ1n) is 6.71. The number of hydrogen-bond donors (Lipinski definition) is 1. The van der Waals surface area contributed by atoms with E-state index in [0.29, 0.717) is 0 Å². The Morgan fingerprint density at radius 2 is 2.29 bits per heavy atom. The Morgan fingerprint density at radius 3 is 2.94 bits per heavy atom. The average molecular weight is 236 g/mol. The van der Waals surface area contributed by atoms with Crippen LogP contribution in [0.1, 0.15) is 44.3 Å². The summed E-state index contributed by atoms with van der Waals surface area (Å²) < 4.78 is 2.20. The highest BCUT2D eigenvalue weighted by Gasteiger charge is 2.18. The normalized spacial score (nSPS) is 23.8. The highest BCUT2D eigenvalue weighted by atomic mass is 16.3. The Morgan fingerprint density at radius 1 is 1.47 bits per heavy atom. The minimum Gasteiger partial charge on any atom is -0.389 e. The molecule has 1 aliphatic rings. The van der Waals surface area contributed by atoms with Crippen LogP contribution in [-0.4, -0.2) is 34.2 Å². The fourth-order valence-corrected chi connectivity index (χ4v) is 2.65. The molecule has 2 atom stereocenters. The van der Waals surface area contributed by atoms with Crippen molar-refractivity contribution in [3.8, 4) is 0 Å². The van der Waals surface area contributed by atoms with Gasteiger partial charge in [-0.25, -0.2) is 0 Å². The number of aliphatic hydroxyl groups is 1. The van der Waals surface area contributed by atoms with E-state index < -0.39 is 0 Å². The van der Waals surface area contributed by atoms with E-state index in [9.17, 15) is 5.11 Å². The summed E-state index contributed by atoms with van der Waals surface area (Å²) in [7, 11) is 2.24. The van der Waals surface area contributed by atoms with E-state index >= 15 is 0 Å². The first-order valence-corrected chi connectivity index (χ1v) is 6.71. The van der Waals surface area contributed by atoms with Crippen LogP contribution in [-0.2, 0) is 6.54 Å². The lowest BCUT2D eigenvalue weighted by Gasteiger charge is -2.32. The number of hydrogen-bond acceptors (Lipinski definition) is 2. The van der Waals surface area contributed by atoms with E-state index in [0.717, 1.165) is 18.2 Å². The zero-order valence-electron chi connectivity index (χ0n) is 11.0. The van der Waals surface area contributed by atoms with Crippen LogP contribution < -0.4 is 0 Å². The molecule has 96 valence electrons. The Labute approximate surface area is 104 Å². The van der Waals surface area contributed by atoms with E-state index in [1.54, 1.807) is 0 Å². The minimum absolute atomic E-state index is 0.353. The number of piperidine rings is 1. The molecule has 0 aliphatic carbocycles. The van der Waals surface area contributed by atoms with Crippen molar-refractivity contribution in [2.45, 2.75) is 51.3 Å². The van der Waals surface area contributed by atoms with Crippen molar-refractivity contribution in [3.63, 3.8) is 0 Å². The summed E-state index contributed by atoms with van der Waals surface area (Å²) in [5.74, 6) is 0. The number of nitrogens with zero attached hydrogens (tertiary/aromatic N) is 2. The molecule has 0 saturated carbocycles. The summed E-state index contributed by atoms with van der Waals surface area (Å²) in [5, 5.41) is 9.47. The Hall–Kier alpha value is -0.800. The lowest BCUT2D eigenvalue weighted by molar-refractivity contribution is 0.171. The Bertz CT molecular complexity index is 346. The predicted molar refractivity (Wildman–Crippen MR) is 70.0 cm³/mol. The number of likely N-dealkylation sites (tertiary alicyclic amines) is 1. The molecular weight excluding hydrogens is 212 g/mol. The van der Waals surface area contributed by atoms with E-state index in [2.05, 4.69) is 28.9 Å². The van der Waals surface area contributed by atoms with Gasteiger partial charge in [0.05, 0.1) is 6.10 Å². The summed E-state index contributed by atoms with van der Waals surface area (Å²) in [6.07, 6.45) is 9.06. The van der Waals surface area contributed by atoms with Crippen LogP contribution in [0.5, 0.6) is 0 Å². The molecule has 0 spiro atoms. The van der Waals surface area contributed by atoms with Gasteiger partial charge in [0.1, 0.15) is 0 Å². The zero-order chi connectivity index (χ0) is 12.3. The Kier molecular flexibility index (Phi) is 4.24. The quantitative estimate of drug-likeness (QED) is 0.869. The smallest absolute Gasteiger partial charge is 0.0776 e.